The summed E-state index contributed by atoms with van der Waals surface area (Å²) < 4.78 is 1.08. The molecule has 0 aromatic carbocycles. The lowest BCUT2D eigenvalue weighted by Gasteiger charge is -2.08. The Kier molecular flexibility index (Phi) is 3.97. The summed E-state index contributed by atoms with van der Waals surface area (Å²) in [5, 5.41) is 14.1. The number of halogens is 1. The van der Waals surface area contributed by atoms with Gasteiger partial charge in [0.1, 0.15) is 10.9 Å². The molecular weight excluding hydrogens is 316 g/mol. The first kappa shape index (κ1) is 12.7. The minimum atomic E-state index is -0.0999. The predicted octanol–water partition coefficient (Wildman–Crippen LogP) is 4.90. The Morgan fingerprint density at radius 3 is 2.65 bits per heavy atom. The van der Waals surface area contributed by atoms with Crippen LogP contribution in [0.3, 0.4) is 0 Å². The van der Waals surface area contributed by atoms with Gasteiger partial charge in [0, 0.05) is 15.2 Å². The van der Waals surface area contributed by atoms with Crippen LogP contribution in [0.4, 0.5) is 0 Å². The van der Waals surface area contributed by atoms with E-state index in [-0.39, 0.29) is 5.92 Å². The van der Waals surface area contributed by atoms with Gasteiger partial charge in [-0.1, -0.05) is 13.8 Å². The van der Waals surface area contributed by atoms with Crippen LogP contribution in [0.5, 0.6) is 0 Å². The fraction of sp³-hybridized carbons (Fsp3) is 0.333. The quantitative estimate of drug-likeness (QED) is 0.804. The molecule has 0 fully saturated rings. The van der Waals surface area contributed by atoms with Crippen LogP contribution in [0.15, 0.2) is 21.3 Å². The van der Waals surface area contributed by atoms with Crippen LogP contribution < -0.4 is 0 Å². The van der Waals surface area contributed by atoms with Gasteiger partial charge in [-0.3, -0.25) is 0 Å². The van der Waals surface area contributed by atoms with Crippen molar-refractivity contribution in [2.45, 2.75) is 19.8 Å². The number of hydrogen-bond acceptors (Lipinski definition) is 4. The Hall–Kier alpha value is -0.700. The molecule has 2 aromatic heterocycles. The molecule has 88 valence electrons. The van der Waals surface area contributed by atoms with Crippen molar-refractivity contribution < 1.29 is 0 Å². The van der Waals surface area contributed by atoms with Crippen molar-refractivity contribution in [1.29, 1.82) is 5.26 Å². The predicted molar refractivity (Wildman–Crippen MR) is 76.3 cm³/mol. The first-order valence-electron chi connectivity index (χ1n) is 5.21. The molecule has 1 unspecified atom stereocenters. The summed E-state index contributed by atoms with van der Waals surface area (Å²) in [7, 11) is 0. The third-order valence-electron chi connectivity index (χ3n) is 2.41. The molecule has 0 amide bonds. The lowest BCUT2D eigenvalue weighted by atomic mass is 9.98. The third kappa shape index (κ3) is 2.76. The lowest BCUT2D eigenvalue weighted by Crippen LogP contribution is -2.03. The third-order valence-corrected chi connectivity index (χ3v) is 5.06. The number of nitriles is 1. The molecule has 0 aliphatic carbocycles. The van der Waals surface area contributed by atoms with E-state index in [0.29, 0.717) is 5.92 Å². The highest BCUT2D eigenvalue weighted by Gasteiger charge is 2.19. The highest BCUT2D eigenvalue weighted by Crippen LogP contribution is 2.34. The first-order chi connectivity index (χ1) is 8.11. The number of rotatable bonds is 3. The molecule has 2 rings (SSSR count). The molecular formula is C12H11BrN2S2. The van der Waals surface area contributed by atoms with Crippen LogP contribution in [0.2, 0.25) is 0 Å². The van der Waals surface area contributed by atoms with Gasteiger partial charge in [0.15, 0.2) is 0 Å². The maximum absolute atomic E-state index is 9.15. The van der Waals surface area contributed by atoms with Gasteiger partial charge in [0.25, 0.3) is 0 Å². The summed E-state index contributed by atoms with van der Waals surface area (Å²) in [6, 6.07) is 4.39. The number of thiophene rings is 1. The zero-order valence-corrected chi connectivity index (χ0v) is 12.7. The zero-order valence-electron chi connectivity index (χ0n) is 9.48. The molecule has 0 N–H and O–H groups in total. The van der Waals surface area contributed by atoms with E-state index in [1.165, 1.54) is 0 Å². The van der Waals surface area contributed by atoms with E-state index in [1.807, 2.05) is 10.8 Å². The van der Waals surface area contributed by atoms with Gasteiger partial charge < -0.3 is 0 Å². The summed E-state index contributed by atoms with van der Waals surface area (Å²) in [6.07, 6.45) is 0. The summed E-state index contributed by atoms with van der Waals surface area (Å²) in [5.74, 6) is 0.200. The van der Waals surface area contributed by atoms with Crippen molar-refractivity contribution in [3.63, 3.8) is 0 Å². The second-order valence-electron chi connectivity index (χ2n) is 4.05. The Morgan fingerprint density at radius 1 is 1.35 bits per heavy atom. The summed E-state index contributed by atoms with van der Waals surface area (Å²) >= 11 is 6.67. The van der Waals surface area contributed by atoms with Crippen molar-refractivity contribution >= 4 is 38.6 Å². The maximum atomic E-state index is 9.15. The second-order valence-corrected chi connectivity index (χ2v) is 6.77. The maximum Gasteiger partial charge on any atom is 0.111 e. The monoisotopic (exact) mass is 326 g/mol. The topological polar surface area (TPSA) is 36.7 Å². The van der Waals surface area contributed by atoms with Gasteiger partial charge in [0.2, 0.25) is 0 Å². The van der Waals surface area contributed by atoms with E-state index in [4.69, 9.17) is 5.26 Å². The molecule has 2 heterocycles. The van der Waals surface area contributed by atoms with E-state index < -0.39 is 0 Å². The average Bonchev–Trinajstić information content (AvgIpc) is 2.87. The van der Waals surface area contributed by atoms with Crippen molar-refractivity contribution in [2.75, 3.05) is 0 Å². The smallest absolute Gasteiger partial charge is 0.111 e. The van der Waals surface area contributed by atoms with Crippen LogP contribution >= 0.6 is 38.6 Å². The zero-order chi connectivity index (χ0) is 12.4. The molecule has 0 saturated heterocycles. The van der Waals surface area contributed by atoms with Crippen LogP contribution in [0, 0.1) is 17.2 Å². The summed E-state index contributed by atoms with van der Waals surface area (Å²) in [6.45, 7) is 4.10. The second kappa shape index (κ2) is 5.30. The number of hydrogen-bond donors (Lipinski definition) is 0. The SMILES string of the molecule is CC(C)C(C#N)c1nc(-c2cc(Br)cs2)cs1. The Morgan fingerprint density at radius 2 is 2.12 bits per heavy atom. The number of nitrogens with zero attached hydrogens (tertiary/aromatic N) is 2. The first-order valence-corrected chi connectivity index (χ1v) is 7.76. The lowest BCUT2D eigenvalue weighted by molar-refractivity contribution is 0.585. The Bertz CT molecular complexity index is 551. The molecule has 2 aromatic rings. The normalized spacial score (nSPS) is 12.6. The van der Waals surface area contributed by atoms with E-state index >= 15 is 0 Å². The molecule has 1 atom stereocenters. The molecule has 0 aliphatic heterocycles. The molecule has 0 bridgehead atoms. The van der Waals surface area contributed by atoms with Crippen molar-refractivity contribution in [3.8, 4) is 16.6 Å². The molecule has 5 heteroatoms. The van der Waals surface area contributed by atoms with E-state index in [0.717, 1.165) is 20.1 Å². The highest BCUT2D eigenvalue weighted by atomic mass is 79.9. The largest absolute Gasteiger partial charge is 0.239 e. The van der Waals surface area contributed by atoms with Crippen LogP contribution in [-0.2, 0) is 0 Å². The standard InChI is InChI=1S/C12H11BrN2S2/c1-7(2)9(4-14)12-15-10(6-17-12)11-3-8(13)5-16-11/h3,5-7,9H,1-2H3. The van der Waals surface area contributed by atoms with Crippen LogP contribution in [-0.4, -0.2) is 4.98 Å². The summed E-state index contributed by atoms with van der Waals surface area (Å²) in [4.78, 5) is 5.71. The molecule has 2 nitrogen and oxygen atoms in total. The fourth-order valence-corrected chi connectivity index (χ4v) is 3.98. The van der Waals surface area contributed by atoms with Gasteiger partial charge >= 0.3 is 0 Å². The van der Waals surface area contributed by atoms with Gasteiger partial charge in [-0.2, -0.15) is 5.26 Å². The molecule has 0 aliphatic rings. The van der Waals surface area contributed by atoms with Gasteiger partial charge in [-0.05, 0) is 27.9 Å². The fourth-order valence-electron chi connectivity index (χ4n) is 1.48. The summed E-state index contributed by atoms with van der Waals surface area (Å²) in [5.41, 5.74) is 0.974. The van der Waals surface area contributed by atoms with E-state index in [1.54, 1.807) is 22.7 Å². The number of thiazole rings is 1. The molecule has 0 saturated carbocycles. The van der Waals surface area contributed by atoms with Crippen molar-refractivity contribution in [2.24, 2.45) is 5.92 Å². The number of aromatic nitrogens is 1. The van der Waals surface area contributed by atoms with Gasteiger partial charge in [-0.15, -0.1) is 22.7 Å². The molecule has 17 heavy (non-hydrogen) atoms. The minimum absolute atomic E-state index is 0.0999. The van der Waals surface area contributed by atoms with Crippen LogP contribution in [0.1, 0.15) is 24.8 Å². The minimum Gasteiger partial charge on any atom is -0.239 e. The van der Waals surface area contributed by atoms with Crippen molar-refractivity contribution in [1.82, 2.24) is 4.98 Å². The van der Waals surface area contributed by atoms with Crippen LogP contribution in [0.25, 0.3) is 10.6 Å². The van der Waals surface area contributed by atoms with Gasteiger partial charge in [0.05, 0.1) is 16.6 Å². The molecule has 0 radical (unpaired) electrons. The average molecular weight is 327 g/mol. The Labute approximate surface area is 117 Å². The van der Waals surface area contributed by atoms with E-state index in [9.17, 15) is 0 Å². The highest BCUT2D eigenvalue weighted by molar-refractivity contribution is 9.10. The molecule has 0 spiro atoms. The van der Waals surface area contributed by atoms with Gasteiger partial charge in [-0.25, -0.2) is 4.98 Å². The van der Waals surface area contributed by atoms with Crippen molar-refractivity contribution in [3.05, 3.63) is 26.3 Å². The van der Waals surface area contributed by atoms with E-state index in [2.05, 4.69) is 46.9 Å². The Balaban J connectivity index is 2.30.